The molecule has 0 aliphatic carbocycles. The second-order valence-corrected chi connectivity index (χ2v) is 4.50. The van der Waals surface area contributed by atoms with Crippen LogP contribution in [0.25, 0.3) is 0 Å². The fourth-order valence-electron chi connectivity index (χ4n) is 1.39. The third kappa shape index (κ3) is 2.81. The van der Waals surface area contributed by atoms with Crippen molar-refractivity contribution in [3.63, 3.8) is 0 Å². The van der Waals surface area contributed by atoms with Crippen molar-refractivity contribution in [2.75, 3.05) is 0 Å². The van der Waals surface area contributed by atoms with Gasteiger partial charge in [-0.05, 0) is 36.8 Å². The summed E-state index contributed by atoms with van der Waals surface area (Å²) in [7, 11) is 0. The molecule has 0 saturated heterocycles. The summed E-state index contributed by atoms with van der Waals surface area (Å²) in [6.45, 7) is 1.73. The van der Waals surface area contributed by atoms with Gasteiger partial charge in [-0.3, -0.25) is 4.98 Å². The minimum absolute atomic E-state index is 0.356. The van der Waals surface area contributed by atoms with Crippen molar-refractivity contribution in [3.05, 3.63) is 52.3 Å². The Bertz CT molecular complexity index is 562. The van der Waals surface area contributed by atoms with E-state index in [1.807, 2.05) is 0 Å². The standard InChI is InChI=1S/C13H10Cl2N2O/c1-8(16)9-2-4-10(5-3-9)18-13-11(14)6-17-7-12(13)15/h2-7,16H,1H3. The zero-order valence-corrected chi connectivity index (χ0v) is 11.1. The van der Waals surface area contributed by atoms with Crippen molar-refractivity contribution in [3.8, 4) is 11.5 Å². The van der Waals surface area contributed by atoms with Gasteiger partial charge in [0.2, 0.25) is 0 Å². The van der Waals surface area contributed by atoms with E-state index in [1.165, 1.54) is 12.4 Å². The van der Waals surface area contributed by atoms with Gasteiger partial charge in [0.15, 0.2) is 5.75 Å². The van der Waals surface area contributed by atoms with Gasteiger partial charge >= 0.3 is 0 Å². The summed E-state index contributed by atoms with van der Waals surface area (Å²) in [4.78, 5) is 3.85. The number of ether oxygens (including phenoxy) is 1. The van der Waals surface area contributed by atoms with E-state index < -0.39 is 0 Å². The summed E-state index contributed by atoms with van der Waals surface area (Å²) < 4.78 is 5.60. The summed E-state index contributed by atoms with van der Waals surface area (Å²) in [6, 6.07) is 7.14. The van der Waals surface area contributed by atoms with Crippen LogP contribution in [-0.2, 0) is 0 Å². The van der Waals surface area contributed by atoms with Gasteiger partial charge in [-0.1, -0.05) is 23.2 Å². The van der Waals surface area contributed by atoms with E-state index >= 15 is 0 Å². The molecule has 0 amide bonds. The van der Waals surface area contributed by atoms with E-state index in [0.717, 1.165) is 5.56 Å². The van der Waals surface area contributed by atoms with Gasteiger partial charge in [-0.15, -0.1) is 0 Å². The normalized spacial score (nSPS) is 10.2. The molecule has 0 unspecified atom stereocenters. The molecule has 0 bridgehead atoms. The molecule has 0 atom stereocenters. The molecule has 0 spiro atoms. The first-order valence-corrected chi connectivity index (χ1v) is 5.96. The lowest BCUT2D eigenvalue weighted by Crippen LogP contribution is -1.92. The molecule has 5 heteroatoms. The number of aromatic nitrogens is 1. The van der Waals surface area contributed by atoms with Gasteiger partial charge < -0.3 is 10.1 Å². The molecule has 2 aromatic rings. The van der Waals surface area contributed by atoms with Crippen LogP contribution in [0, 0.1) is 5.41 Å². The van der Waals surface area contributed by atoms with E-state index in [1.54, 1.807) is 31.2 Å². The van der Waals surface area contributed by atoms with Crippen LogP contribution in [0.2, 0.25) is 10.0 Å². The first-order valence-electron chi connectivity index (χ1n) is 5.20. The minimum atomic E-state index is 0.356. The first kappa shape index (κ1) is 12.9. The molecule has 2 rings (SSSR count). The molecule has 18 heavy (non-hydrogen) atoms. The maximum absolute atomic E-state index is 7.50. The molecule has 1 N–H and O–H groups in total. The van der Waals surface area contributed by atoms with E-state index in [0.29, 0.717) is 27.3 Å². The van der Waals surface area contributed by atoms with E-state index in [9.17, 15) is 0 Å². The highest BCUT2D eigenvalue weighted by Crippen LogP contribution is 2.35. The summed E-state index contributed by atoms with van der Waals surface area (Å²) >= 11 is 11.9. The van der Waals surface area contributed by atoms with Gasteiger partial charge in [0.1, 0.15) is 15.8 Å². The van der Waals surface area contributed by atoms with Crippen molar-refractivity contribution in [2.24, 2.45) is 0 Å². The van der Waals surface area contributed by atoms with Crippen LogP contribution >= 0.6 is 23.2 Å². The average Bonchev–Trinajstić information content (AvgIpc) is 2.34. The summed E-state index contributed by atoms with van der Waals surface area (Å²) in [5.41, 5.74) is 1.34. The lowest BCUT2D eigenvalue weighted by atomic mass is 10.1. The smallest absolute Gasteiger partial charge is 0.167 e. The molecule has 0 radical (unpaired) electrons. The third-order valence-corrected chi connectivity index (χ3v) is 2.86. The fraction of sp³-hybridized carbons (Fsp3) is 0.0769. The Labute approximate surface area is 115 Å². The molecular formula is C13H10Cl2N2O. The van der Waals surface area contributed by atoms with Crippen molar-refractivity contribution in [2.45, 2.75) is 6.92 Å². The van der Waals surface area contributed by atoms with Gasteiger partial charge in [0.25, 0.3) is 0 Å². The van der Waals surface area contributed by atoms with Crippen LogP contribution < -0.4 is 4.74 Å². The number of nitrogens with zero attached hydrogens (tertiary/aromatic N) is 1. The number of benzene rings is 1. The average molecular weight is 281 g/mol. The molecule has 1 aromatic carbocycles. The molecule has 3 nitrogen and oxygen atoms in total. The molecular weight excluding hydrogens is 271 g/mol. The molecule has 92 valence electrons. The summed E-state index contributed by atoms with van der Waals surface area (Å²) in [5.74, 6) is 0.989. The van der Waals surface area contributed by atoms with Crippen LogP contribution in [0.4, 0.5) is 0 Å². The quantitative estimate of drug-likeness (QED) is 0.838. The lowest BCUT2D eigenvalue weighted by Gasteiger charge is -2.09. The number of hydrogen-bond acceptors (Lipinski definition) is 3. The number of rotatable bonds is 3. The summed E-state index contributed by atoms with van der Waals surface area (Å²) in [6.07, 6.45) is 2.94. The van der Waals surface area contributed by atoms with Gasteiger partial charge in [-0.2, -0.15) is 0 Å². The van der Waals surface area contributed by atoms with E-state index in [4.69, 9.17) is 33.3 Å². The minimum Gasteiger partial charge on any atom is -0.454 e. The molecule has 0 aliphatic rings. The van der Waals surface area contributed by atoms with Gasteiger partial charge in [0.05, 0.1) is 0 Å². The fourth-order valence-corrected chi connectivity index (χ4v) is 1.83. The molecule has 0 aliphatic heterocycles. The number of nitrogens with one attached hydrogen (secondary N) is 1. The highest BCUT2D eigenvalue weighted by atomic mass is 35.5. The molecule has 1 heterocycles. The van der Waals surface area contributed by atoms with E-state index in [-0.39, 0.29) is 0 Å². The molecule has 1 aromatic heterocycles. The Balaban J connectivity index is 2.26. The molecule has 0 fully saturated rings. The first-order chi connectivity index (χ1) is 8.58. The monoisotopic (exact) mass is 280 g/mol. The second-order valence-electron chi connectivity index (χ2n) is 3.68. The van der Waals surface area contributed by atoms with Crippen LogP contribution in [-0.4, -0.2) is 10.7 Å². The second kappa shape index (κ2) is 5.38. The SMILES string of the molecule is CC(=N)c1ccc(Oc2c(Cl)cncc2Cl)cc1. The zero-order valence-electron chi connectivity index (χ0n) is 9.58. The highest BCUT2D eigenvalue weighted by Gasteiger charge is 2.08. The van der Waals surface area contributed by atoms with Crippen LogP contribution in [0.1, 0.15) is 12.5 Å². The van der Waals surface area contributed by atoms with Crippen LogP contribution in [0.15, 0.2) is 36.7 Å². The Morgan fingerprint density at radius 2 is 1.67 bits per heavy atom. The predicted molar refractivity (Wildman–Crippen MR) is 73.3 cm³/mol. The van der Waals surface area contributed by atoms with Crippen LogP contribution in [0.5, 0.6) is 11.5 Å². The van der Waals surface area contributed by atoms with Crippen molar-refractivity contribution in [1.82, 2.24) is 4.98 Å². The maximum atomic E-state index is 7.50. The van der Waals surface area contributed by atoms with Gasteiger partial charge in [0, 0.05) is 18.1 Å². The van der Waals surface area contributed by atoms with Crippen LogP contribution in [0.3, 0.4) is 0 Å². The predicted octanol–water partition coefficient (Wildman–Crippen LogP) is 4.57. The van der Waals surface area contributed by atoms with E-state index in [2.05, 4.69) is 4.98 Å². The largest absolute Gasteiger partial charge is 0.454 e. The Morgan fingerprint density at radius 3 is 2.17 bits per heavy atom. The van der Waals surface area contributed by atoms with Crippen molar-refractivity contribution in [1.29, 1.82) is 5.41 Å². The third-order valence-electron chi connectivity index (χ3n) is 2.32. The number of hydrogen-bond donors (Lipinski definition) is 1. The highest BCUT2D eigenvalue weighted by molar-refractivity contribution is 6.36. The zero-order chi connectivity index (χ0) is 13.1. The topological polar surface area (TPSA) is 46.0 Å². The maximum Gasteiger partial charge on any atom is 0.167 e. The Hall–Kier alpha value is -1.58. The summed E-state index contributed by atoms with van der Waals surface area (Å²) in [5, 5.41) is 8.22. The Morgan fingerprint density at radius 1 is 1.11 bits per heavy atom. The van der Waals surface area contributed by atoms with Gasteiger partial charge in [-0.25, -0.2) is 0 Å². The Kier molecular flexibility index (Phi) is 3.84. The lowest BCUT2D eigenvalue weighted by molar-refractivity contribution is 0.482. The van der Waals surface area contributed by atoms with Crippen molar-refractivity contribution >= 4 is 28.9 Å². The number of halogens is 2. The molecule has 0 saturated carbocycles. The van der Waals surface area contributed by atoms with Crippen molar-refractivity contribution < 1.29 is 4.74 Å². The number of pyridine rings is 1.